The number of hydrogen-bond donors (Lipinski definition) is 2. The summed E-state index contributed by atoms with van der Waals surface area (Å²) >= 11 is 0. The van der Waals surface area contributed by atoms with Crippen LogP contribution in [0.3, 0.4) is 0 Å². The van der Waals surface area contributed by atoms with Gasteiger partial charge < -0.3 is 15.6 Å². The first kappa shape index (κ1) is 13.5. The number of nitrogens with two attached hydrogens (primary N) is 1. The number of benzene rings is 1. The van der Waals surface area contributed by atoms with Gasteiger partial charge in [0.1, 0.15) is 5.82 Å². The van der Waals surface area contributed by atoms with E-state index in [4.69, 9.17) is 5.73 Å². The van der Waals surface area contributed by atoms with E-state index in [0.717, 1.165) is 16.9 Å². The fourth-order valence-electron chi connectivity index (χ4n) is 2.41. The fraction of sp³-hybridized carbons (Fsp3) is 0.429. The van der Waals surface area contributed by atoms with E-state index in [0.29, 0.717) is 6.42 Å². The second-order valence-corrected chi connectivity index (χ2v) is 4.98. The fourth-order valence-corrected chi connectivity index (χ4v) is 2.41. The zero-order chi connectivity index (χ0) is 14.0. The highest BCUT2D eigenvalue weighted by Crippen LogP contribution is 2.19. The molecule has 2 atom stereocenters. The molecule has 0 aliphatic rings. The van der Waals surface area contributed by atoms with E-state index < -0.39 is 0 Å². The normalized spacial score (nSPS) is 14.5. The SMILES string of the molecule is CC(CC(N)=O)NC(C)c1nc2ccccc2n1C. The summed E-state index contributed by atoms with van der Waals surface area (Å²) in [6.45, 7) is 3.99. The third kappa shape index (κ3) is 2.93. The summed E-state index contributed by atoms with van der Waals surface area (Å²) in [4.78, 5) is 15.5. The molecule has 1 amide bonds. The van der Waals surface area contributed by atoms with E-state index in [1.807, 2.05) is 45.2 Å². The first-order valence-electron chi connectivity index (χ1n) is 6.44. The summed E-state index contributed by atoms with van der Waals surface area (Å²) in [5.41, 5.74) is 7.29. The second kappa shape index (κ2) is 5.40. The Labute approximate surface area is 112 Å². The van der Waals surface area contributed by atoms with Gasteiger partial charge in [0, 0.05) is 19.5 Å². The van der Waals surface area contributed by atoms with Crippen molar-refractivity contribution < 1.29 is 4.79 Å². The van der Waals surface area contributed by atoms with Gasteiger partial charge in [-0.2, -0.15) is 0 Å². The molecule has 5 nitrogen and oxygen atoms in total. The average Bonchev–Trinajstić information content (AvgIpc) is 2.66. The molecular weight excluding hydrogens is 240 g/mol. The standard InChI is InChI=1S/C14H20N4O/c1-9(8-13(15)19)16-10(2)14-17-11-6-4-5-7-12(11)18(14)3/h4-7,9-10,16H,8H2,1-3H3,(H2,15,19). The second-order valence-electron chi connectivity index (χ2n) is 4.98. The predicted octanol–water partition coefficient (Wildman–Crippen LogP) is 1.49. The minimum Gasteiger partial charge on any atom is -0.370 e. The summed E-state index contributed by atoms with van der Waals surface area (Å²) in [6.07, 6.45) is 0.328. The summed E-state index contributed by atoms with van der Waals surface area (Å²) in [6, 6.07) is 8.12. The van der Waals surface area contributed by atoms with Gasteiger partial charge in [0.25, 0.3) is 0 Å². The molecule has 1 heterocycles. The van der Waals surface area contributed by atoms with Gasteiger partial charge in [0.2, 0.25) is 5.91 Å². The molecule has 0 aliphatic heterocycles. The third-order valence-corrected chi connectivity index (χ3v) is 3.25. The van der Waals surface area contributed by atoms with Gasteiger partial charge in [-0.15, -0.1) is 0 Å². The van der Waals surface area contributed by atoms with Crippen LogP contribution in [-0.4, -0.2) is 21.5 Å². The molecule has 1 aromatic heterocycles. The first-order chi connectivity index (χ1) is 8.99. The van der Waals surface area contributed by atoms with Crippen LogP contribution in [0.5, 0.6) is 0 Å². The molecule has 1 aromatic carbocycles. The van der Waals surface area contributed by atoms with Crippen molar-refractivity contribution in [3.8, 4) is 0 Å². The number of hydrogen-bond acceptors (Lipinski definition) is 3. The van der Waals surface area contributed by atoms with Gasteiger partial charge in [0.15, 0.2) is 0 Å². The summed E-state index contributed by atoms with van der Waals surface area (Å²) < 4.78 is 2.07. The van der Waals surface area contributed by atoms with Gasteiger partial charge in [-0.3, -0.25) is 4.79 Å². The number of carbonyl (C=O) groups excluding carboxylic acids is 1. The van der Waals surface area contributed by atoms with Gasteiger partial charge in [-0.25, -0.2) is 4.98 Å². The minimum absolute atomic E-state index is 0.0345. The molecular formula is C14H20N4O. The molecule has 3 N–H and O–H groups in total. The number of aryl methyl sites for hydroxylation is 1. The highest BCUT2D eigenvalue weighted by Gasteiger charge is 2.16. The van der Waals surface area contributed by atoms with Crippen molar-refractivity contribution in [2.45, 2.75) is 32.4 Å². The number of primary amides is 1. The molecule has 0 fully saturated rings. The summed E-state index contributed by atoms with van der Waals surface area (Å²) in [7, 11) is 2.00. The molecule has 5 heteroatoms. The minimum atomic E-state index is -0.294. The topological polar surface area (TPSA) is 72.9 Å². The first-order valence-corrected chi connectivity index (χ1v) is 6.44. The highest BCUT2D eigenvalue weighted by molar-refractivity contribution is 5.76. The molecule has 0 bridgehead atoms. The predicted molar refractivity (Wildman–Crippen MR) is 75.5 cm³/mol. The van der Waals surface area contributed by atoms with Crippen LogP contribution < -0.4 is 11.1 Å². The van der Waals surface area contributed by atoms with Crippen LogP contribution in [0.25, 0.3) is 11.0 Å². The number of amides is 1. The van der Waals surface area contributed by atoms with Gasteiger partial charge >= 0.3 is 0 Å². The van der Waals surface area contributed by atoms with Gasteiger partial charge in [0.05, 0.1) is 17.1 Å². The van der Waals surface area contributed by atoms with Crippen molar-refractivity contribution in [2.24, 2.45) is 12.8 Å². The van der Waals surface area contributed by atoms with E-state index in [2.05, 4.69) is 14.9 Å². The lowest BCUT2D eigenvalue weighted by molar-refractivity contribution is -0.118. The van der Waals surface area contributed by atoms with E-state index in [-0.39, 0.29) is 18.0 Å². The lowest BCUT2D eigenvalue weighted by atomic mass is 10.2. The number of rotatable bonds is 5. The summed E-state index contributed by atoms with van der Waals surface area (Å²) in [5, 5.41) is 3.35. The van der Waals surface area contributed by atoms with E-state index in [1.165, 1.54) is 0 Å². The Morgan fingerprint density at radius 1 is 1.42 bits per heavy atom. The van der Waals surface area contributed by atoms with Gasteiger partial charge in [-0.05, 0) is 26.0 Å². The highest BCUT2D eigenvalue weighted by atomic mass is 16.1. The molecule has 0 saturated carbocycles. The summed E-state index contributed by atoms with van der Waals surface area (Å²) in [5.74, 6) is 0.662. The van der Waals surface area contributed by atoms with Crippen LogP contribution in [0, 0.1) is 0 Å². The van der Waals surface area contributed by atoms with Crippen LogP contribution in [-0.2, 0) is 11.8 Å². The molecule has 102 valence electrons. The van der Waals surface area contributed by atoms with E-state index >= 15 is 0 Å². The molecule has 2 aromatic rings. The number of nitrogens with one attached hydrogen (secondary N) is 1. The Morgan fingerprint density at radius 2 is 2.11 bits per heavy atom. The van der Waals surface area contributed by atoms with Crippen LogP contribution in [0.1, 0.15) is 32.1 Å². The zero-order valence-corrected chi connectivity index (χ0v) is 11.6. The number of aromatic nitrogens is 2. The number of fused-ring (bicyclic) bond motifs is 1. The van der Waals surface area contributed by atoms with E-state index in [9.17, 15) is 4.79 Å². The number of nitrogens with zero attached hydrogens (tertiary/aromatic N) is 2. The third-order valence-electron chi connectivity index (χ3n) is 3.25. The van der Waals surface area contributed by atoms with E-state index in [1.54, 1.807) is 0 Å². The Kier molecular flexibility index (Phi) is 3.85. The molecule has 2 rings (SSSR count). The monoisotopic (exact) mass is 260 g/mol. The molecule has 2 unspecified atom stereocenters. The van der Waals surface area contributed by atoms with Crippen molar-refractivity contribution in [3.63, 3.8) is 0 Å². The Hall–Kier alpha value is -1.88. The molecule has 0 radical (unpaired) electrons. The largest absolute Gasteiger partial charge is 0.370 e. The molecule has 0 saturated heterocycles. The number of carbonyl (C=O) groups is 1. The van der Waals surface area contributed by atoms with Crippen LogP contribution in [0.4, 0.5) is 0 Å². The smallest absolute Gasteiger partial charge is 0.218 e. The van der Waals surface area contributed by atoms with Gasteiger partial charge in [-0.1, -0.05) is 12.1 Å². The molecule has 0 spiro atoms. The van der Waals surface area contributed by atoms with Crippen molar-refractivity contribution in [1.82, 2.24) is 14.9 Å². The van der Waals surface area contributed by atoms with Crippen LogP contribution >= 0.6 is 0 Å². The lowest BCUT2D eigenvalue weighted by Gasteiger charge is -2.18. The van der Waals surface area contributed by atoms with Crippen molar-refractivity contribution in [3.05, 3.63) is 30.1 Å². The maximum absolute atomic E-state index is 10.9. The van der Waals surface area contributed by atoms with Crippen LogP contribution in [0.2, 0.25) is 0 Å². The zero-order valence-electron chi connectivity index (χ0n) is 11.6. The van der Waals surface area contributed by atoms with Crippen molar-refractivity contribution >= 4 is 16.9 Å². The quantitative estimate of drug-likeness (QED) is 0.855. The number of para-hydroxylation sites is 2. The lowest BCUT2D eigenvalue weighted by Crippen LogP contribution is -2.33. The maximum Gasteiger partial charge on any atom is 0.218 e. The Balaban J connectivity index is 2.19. The molecule has 19 heavy (non-hydrogen) atoms. The Morgan fingerprint density at radius 3 is 2.74 bits per heavy atom. The number of imidazole rings is 1. The van der Waals surface area contributed by atoms with Crippen molar-refractivity contribution in [1.29, 1.82) is 0 Å². The van der Waals surface area contributed by atoms with Crippen LogP contribution in [0.15, 0.2) is 24.3 Å². The maximum atomic E-state index is 10.9. The average molecular weight is 260 g/mol. The molecule has 0 aliphatic carbocycles. The Bertz CT molecular complexity index is 590. The van der Waals surface area contributed by atoms with Crippen molar-refractivity contribution in [2.75, 3.05) is 0 Å².